The lowest BCUT2D eigenvalue weighted by atomic mass is 10.1. The number of sulfone groups is 1. The minimum atomic E-state index is -5.10. The molecule has 5 N–H and O–H groups in total. The van der Waals surface area contributed by atoms with Crippen LogP contribution < -0.4 is 10.2 Å². The molecule has 0 bridgehead atoms. The molecule has 25 heteroatoms. The standard InChI is InChI=1S/C25H26FN7O13S4/c1-14-3-6-18(19(11-14)48(37,38)39)31-32-21-20(49(40,41)42)13-15-12-16(4-5-17(15)22(21)34)27-24-28-23(26)29-25(30-24)33(2)7-9-47(35,36)10-8-46-50(43,44)45/h3-6,11-13,34H,7-10H2,1-2H3,(H,37,38,39)(H,40,41,42)(H,43,44,45)(H,27,28,29,30)/b32-31+. The highest BCUT2D eigenvalue weighted by Gasteiger charge is 2.24. The third-order valence-electron chi connectivity index (χ3n) is 6.54. The van der Waals surface area contributed by atoms with E-state index in [9.17, 15) is 52.3 Å². The molecule has 0 aliphatic carbocycles. The molecule has 0 atom stereocenters. The number of phenols is 1. The van der Waals surface area contributed by atoms with Gasteiger partial charge in [0.15, 0.2) is 15.6 Å². The van der Waals surface area contributed by atoms with Crippen LogP contribution in [-0.4, -0.2) is 99.1 Å². The number of hydrogen-bond acceptors (Lipinski definition) is 17. The van der Waals surface area contributed by atoms with E-state index in [1.165, 1.54) is 44.3 Å². The molecule has 0 amide bonds. The topological polar surface area (TPSA) is 305 Å². The van der Waals surface area contributed by atoms with Crippen molar-refractivity contribution in [3.63, 3.8) is 0 Å². The number of nitrogens with one attached hydrogen (secondary N) is 1. The van der Waals surface area contributed by atoms with E-state index in [4.69, 9.17) is 4.55 Å². The Labute approximate surface area is 284 Å². The molecule has 1 heterocycles. The van der Waals surface area contributed by atoms with Crippen molar-refractivity contribution in [1.82, 2.24) is 15.0 Å². The Hall–Kier alpha value is -4.50. The molecule has 0 unspecified atom stereocenters. The van der Waals surface area contributed by atoms with Crippen LogP contribution in [0.15, 0.2) is 62.5 Å². The molecule has 0 radical (unpaired) electrons. The summed E-state index contributed by atoms with van der Waals surface area (Å²) in [5, 5.41) is 20.9. The minimum absolute atomic E-state index is 0.0110. The van der Waals surface area contributed by atoms with Crippen LogP contribution in [0.2, 0.25) is 0 Å². The van der Waals surface area contributed by atoms with Crippen LogP contribution >= 0.6 is 0 Å². The maximum Gasteiger partial charge on any atom is 0.397 e. The zero-order valence-corrected chi connectivity index (χ0v) is 28.8. The predicted octanol–water partition coefficient (Wildman–Crippen LogP) is 2.50. The number of azo groups is 1. The second-order valence-corrected chi connectivity index (χ2v) is 16.5. The Morgan fingerprint density at radius 3 is 2.18 bits per heavy atom. The molecular weight excluding hydrogens is 754 g/mol. The van der Waals surface area contributed by atoms with Crippen molar-refractivity contribution in [3.05, 3.63) is 54.1 Å². The molecule has 3 aromatic carbocycles. The van der Waals surface area contributed by atoms with Crippen molar-refractivity contribution in [2.24, 2.45) is 10.2 Å². The first kappa shape index (κ1) is 38.3. The van der Waals surface area contributed by atoms with Crippen LogP contribution in [0.1, 0.15) is 5.56 Å². The van der Waals surface area contributed by atoms with Gasteiger partial charge in [-0.1, -0.05) is 6.07 Å². The van der Waals surface area contributed by atoms with Gasteiger partial charge >= 0.3 is 16.5 Å². The van der Waals surface area contributed by atoms with Crippen molar-refractivity contribution in [3.8, 4) is 5.75 Å². The molecule has 0 aliphatic rings. The second kappa shape index (κ2) is 14.4. The molecule has 0 saturated heterocycles. The molecule has 50 heavy (non-hydrogen) atoms. The predicted molar refractivity (Wildman–Crippen MR) is 173 cm³/mol. The SMILES string of the molecule is Cc1ccc(/N=N/c2c(S(=O)(=O)O)cc3cc(Nc4nc(F)nc(N(C)CCS(=O)(=O)CCOS(=O)(=O)O)n4)ccc3c2O)c(S(=O)(=O)O)c1. The lowest BCUT2D eigenvalue weighted by Gasteiger charge is -2.17. The number of phenolic OH excluding ortho intramolecular Hbond substituents is 1. The Bertz CT molecular complexity index is 2450. The molecule has 0 spiro atoms. The summed E-state index contributed by atoms with van der Waals surface area (Å²) >= 11 is 0. The number of aromatic hydroxyl groups is 1. The van der Waals surface area contributed by atoms with Gasteiger partial charge in [0.05, 0.1) is 18.1 Å². The first-order valence-corrected chi connectivity index (χ1v) is 19.6. The van der Waals surface area contributed by atoms with E-state index < -0.39 is 91.6 Å². The highest BCUT2D eigenvalue weighted by Crippen LogP contribution is 2.42. The zero-order valence-electron chi connectivity index (χ0n) is 25.5. The maximum atomic E-state index is 14.3. The quantitative estimate of drug-likeness (QED) is 0.0906. The number of nitrogens with zero attached hydrogens (tertiary/aromatic N) is 6. The molecule has 20 nitrogen and oxygen atoms in total. The number of hydrogen-bond donors (Lipinski definition) is 5. The Kier molecular flexibility index (Phi) is 11.0. The van der Waals surface area contributed by atoms with E-state index in [0.717, 1.165) is 17.0 Å². The number of fused-ring (bicyclic) bond motifs is 1. The molecule has 0 saturated carbocycles. The number of rotatable bonds is 14. The maximum absolute atomic E-state index is 14.3. The van der Waals surface area contributed by atoms with Crippen molar-refractivity contribution >= 4 is 80.2 Å². The highest BCUT2D eigenvalue weighted by atomic mass is 32.3. The highest BCUT2D eigenvalue weighted by molar-refractivity contribution is 7.91. The van der Waals surface area contributed by atoms with Crippen molar-refractivity contribution in [2.45, 2.75) is 16.7 Å². The molecule has 270 valence electrons. The lowest BCUT2D eigenvalue weighted by molar-refractivity contribution is 0.284. The van der Waals surface area contributed by atoms with E-state index in [1.807, 2.05) is 0 Å². The van der Waals surface area contributed by atoms with E-state index in [2.05, 4.69) is 34.7 Å². The van der Waals surface area contributed by atoms with Gasteiger partial charge in [-0.25, -0.2) is 12.6 Å². The van der Waals surface area contributed by atoms with Gasteiger partial charge in [0.2, 0.25) is 11.9 Å². The molecule has 0 fully saturated rings. The van der Waals surface area contributed by atoms with Crippen LogP contribution in [0.25, 0.3) is 10.8 Å². The Morgan fingerprint density at radius 1 is 0.860 bits per heavy atom. The van der Waals surface area contributed by atoms with E-state index in [0.29, 0.717) is 5.56 Å². The summed E-state index contributed by atoms with van der Waals surface area (Å²) in [6, 6.07) is 8.47. The summed E-state index contributed by atoms with van der Waals surface area (Å²) in [5.41, 5.74) is -0.625. The summed E-state index contributed by atoms with van der Waals surface area (Å²) in [5.74, 6) is -2.81. The fraction of sp³-hybridized carbons (Fsp3) is 0.240. The van der Waals surface area contributed by atoms with Gasteiger partial charge in [-0.3, -0.25) is 13.7 Å². The zero-order chi connectivity index (χ0) is 37.2. The van der Waals surface area contributed by atoms with E-state index in [1.54, 1.807) is 0 Å². The monoisotopic (exact) mass is 779 g/mol. The third kappa shape index (κ3) is 10.0. The van der Waals surface area contributed by atoms with Crippen molar-refractivity contribution in [1.29, 1.82) is 0 Å². The third-order valence-corrected chi connectivity index (χ3v) is 10.3. The summed E-state index contributed by atoms with van der Waals surface area (Å²) < 4.78 is 140. The smallest absolute Gasteiger partial charge is 0.397 e. The number of benzene rings is 3. The van der Waals surface area contributed by atoms with Gasteiger partial charge in [0.25, 0.3) is 20.2 Å². The van der Waals surface area contributed by atoms with E-state index in [-0.39, 0.29) is 34.9 Å². The summed E-state index contributed by atoms with van der Waals surface area (Å²) in [4.78, 5) is 10.6. The molecule has 0 aliphatic heterocycles. The average molecular weight is 780 g/mol. The summed E-state index contributed by atoms with van der Waals surface area (Å²) in [6.45, 7) is 0.423. The van der Waals surface area contributed by atoms with Crippen molar-refractivity contribution in [2.75, 3.05) is 41.9 Å². The van der Waals surface area contributed by atoms with Crippen LogP contribution in [0.5, 0.6) is 5.75 Å². The van der Waals surface area contributed by atoms with Crippen LogP contribution in [0.3, 0.4) is 0 Å². The van der Waals surface area contributed by atoms with Crippen LogP contribution in [0.4, 0.5) is 33.3 Å². The summed E-state index contributed by atoms with van der Waals surface area (Å²) in [6.07, 6.45) is -1.28. The Morgan fingerprint density at radius 2 is 1.54 bits per heavy atom. The van der Waals surface area contributed by atoms with Gasteiger partial charge in [-0.2, -0.15) is 44.6 Å². The largest absolute Gasteiger partial charge is 0.505 e. The number of halogens is 1. The molecule has 4 rings (SSSR count). The first-order chi connectivity index (χ1) is 23.0. The fourth-order valence-electron chi connectivity index (χ4n) is 4.18. The normalized spacial score (nSPS) is 12.8. The average Bonchev–Trinajstić information content (AvgIpc) is 2.97. The van der Waals surface area contributed by atoms with Crippen molar-refractivity contribution < 1.29 is 61.0 Å². The number of aryl methyl sites for hydroxylation is 1. The fourth-order valence-corrected chi connectivity index (χ4v) is 7.04. The second-order valence-electron chi connectivity index (χ2n) is 10.3. The number of anilines is 3. The summed E-state index contributed by atoms with van der Waals surface area (Å²) in [7, 11) is -17.3. The molecular formula is C25H26FN7O13S4. The molecule has 1 aromatic heterocycles. The van der Waals surface area contributed by atoms with Gasteiger partial charge in [0.1, 0.15) is 21.2 Å². The van der Waals surface area contributed by atoms with Gasteiger partial charge < -0.3 is 15.3 Å². The Balaban J connectivity index is 1.62. The van der Waals surface area contributed by atoms with Gasteiger partial charge in [-0.05, 0) is 54.3 Å². The van der Waals surface area contributed by atoms with Gasteiger partial charge in [0, 0.05) is 24.7 Å². The van der Waals surface area contributed by atoms with E-state index >= 15 is 0 Å². The minimum Gasteiger partial charge on any atom is -0.505 e. The van der Waals surface area contributed by atoms with Crippen LogP contribution in [-0.2, 0) is 44.7 Å². The lowest BCUT2D eigenvalue weighted by Crippen LogP contribution is -2.29. The molecule has 4 aromatic rings. The number of aromatic nitrogens is 3. The van der Waals surface area contributed by atoms with Crippen LogP contribution in [0, 0.1) is 13.0 Å². The first-order valence-electron chi connectivity index (χ1n) is 13.5. The van der Waals surface area contributed by atoms with Gasteiger partial charge in [-0.15, -0.1) is 10.2 Å².